The number of halogens is 1. The highest BCUT2D eigenvalue weighted by atomic mass is 19.1. The van der Waals surface area contributed by atoms with Gasteiger partial charge in [-0.15, -0.1) is 0 Å². The number of ether oxygens (including phenoxy) is 1. The lowest BCUT2D eigenvalue weighted by atomic mass is 10.1. The van der Waals surface area contributed by atoms with Crippen molar-refractivity contribution in [1.82, 2.24) is 10.3 Å². The van der Waals surface area contributed by atoms with Crippen LogP contribution in [0.3, 0.4) is 0 Å². The maximum absolute atomic E-state index is 13.5. The quantitative estimate of drug-likeness (QED) is 0.857. The van der Waals surface area contributed by atoms with Crippen LogP contribution in [-0.4, -0.2) is 29.1 Å². The molecule has 0 saturated heterocycles. The summed E-state index contributed by atoms with van der Waals surface area (Å²) in [5.41, 5.74) is 0.483. The van der Waals surface area contributed by atoms with Gasteiger partial charge in [0.15, 0.2) is 0 Å². The molecule has 1 unspecified atom stereocenters. The topological polar surface area (TPSA) is 71.5 Å². The number of pyridine rings is 1. The number of benzene rings is 1. The molecular formula is C16H17FN2O3. The maximum atomic E-state index is 13.5. The third-order valence-electron chi connectivity index (χ3n) is 3.01. The highest BCUT2D eigenvalue weighted by Crippen LogP contribution is 2.16. The van der Waals surface area contributed by atoms with E-state index in [-0.39, 0.29) is 12.1 Å². The van der Waals surface area contributed by atoms with Crippen molar-refractivity contribution in [1.29, 1.82) is 0 Å². The normalized spacial score (nSPS) is 11.8. The van der Waals surface area contributed by atoms with Gasteiger partial charge < -0.3 is 15.2 Å². The molecule has 1 aromatic carbocycles. The first-order chi connectivity index (χ1) is 10.6. The molecule has 5 nitrogen and oxygen atoms in total. The molecule has 0 aliphatic rings. The molecule has 2 rings (SSSR count). The Morgan fingerprint density at radius 3 is 2.77 bits per heavy atom. The van der Waals surface area contributed by atoms with E-state index in [0.717, 1.165) is 0 Å². The van der Waals surface area contributed by atoms with Crippen LogP contribution in [0.2, 0.25) is 0 Å². The van der Waals surface area contributed by atoms with Crippen LogP contribution in [0.1, 0.15) is 28.9 Å². The summed E-state index contributed by atoms with van der Waals surface area (Å²) in [6.45, 7) is 2.24. The Kier molecular flexibility index (Phi) is 5.43. The SMILES string of the molecule is CCOc1ccc(C(=O)NCC(O)c2ccccc2F)cn1. The van der Waals surface area contributed by atoms with Gasteiger partial charge in [-0.25, -0.2) is 9.37 Å². The summed E-state index contributed by atoms with van der Waals surface area (Å²) >= 11 is 0. The minimum Gasteiger partial charge on any atom is -0.478 e. The lowest BCUT2D eigenvalue weighted by molar-refractivity contribution is 0.0913. The van der Waals surface area contributed by atoms with Crippen molar-refractivity contribution in [3.05, 3.63) is 59.5 Å². The summed E-state index contributed by atoms with van der Waals surface area (Å²) in [5.74, 6) is -0.469. The van der Waals surface area contributed by atoms with E-state index in [1.807, 2.05) is 6.92 Å². The Balaban J connectivity index is 1.93. The number of aromatic nitrogens is 1. The number of hydrogen-bond acceptors (Lipinski definition) is 4. The molecular weight excluding hydrogens is 287 g/mol. The zero-order valence-electron chi connectivity index (χ0n) is 12.1. The predicted octanol–water partition coefficient (Wildman–Crippen LogP) is 2.08. The van der Waals surface area contributed by atoms with Crippen LogP contribution < -0.4 is 10.1 Å². The number of aliphatic hydroxyl groups is 1. The fourth-order valence-electron chi connectivity index (χ4n) is 1.89. The number of amides is 1. The molecule has 1 atom stereocenters. The molecule has 0 fully saturated rings. The first kappa shape index (κ1) is 15.9. The molecule has 1 aromatic heterocycles. The van der Waals surface area contributed by atoms with Crippen molar-refractivity contribution in [2.24, 2.45) is 0 Å². The first-order valence-corrected chi connectivity index (χ1v) is 6.91. The van der Waals surface area contributed by atoms with Crippen molar-refractivity contribution < 1.29 is 19.0 Å². The van der Waals surface area contributed by atoms with E-state index in [1.165, 1.54) is 24.4 Å². The lowest BCUT2D eigenvalue weighted by Crippen LogP contribution is -2.28. The largest absolute Gasteiger partial charge is 0.478 e. The third-order valence-corrected chi connectivity index (χ3v) is 3.01. The van der Waals surface area contributed by atoms with Crippen LogP contribution in [0.4, 0.5) is 4.39 Å². The van der Waals surface area contributed by atoms with E-state index >= 15 is 0 Å². The van der Waals surface area contributed by atoms with E-state index < -0.39 is 17.8 Å². The van der Waals surface area contributed by atoms with Gasteiger partial charge >= 0.3 is 0 Å². The Morgan fingerprint density at radius 1 is 1.36 bits per heavy atom. The number of nitrogens with zero attached hydrogens (tertiary/aromatic N) is 1. The molecule has 0 spiro atoms. The van der Waals surface area contributed by atoms with Gasteiger partial charge in [-0.05, 0) is 19.1 Å². The van der Waals surface area contributed by atoms with Gasteiger partial charge in [-0.3, -0.25) is 4.79 Å². The second-order valence-corrected chi connectivity index (χ2v) is 4.57. The van der Waals surface area contributed by atoms with Gasteiger partial charge in [0.05, 0.1) is 18.3 Å². The Hall–Kier alpha value is -2.47. The van der Waals surface area contributed by atoms with Crippen molar-refractivity contribution in [3.63, 3.8) is 0 Å². The summed E-state index contributed by atoms with van der Waals surface area (Å²) in [7, 11) is 0. The summed E-state index contributed by atoms with van der Waals surface area (Å²) in [6, 6.07) is 9.06. The van der Waals surface area contributed by atoms with Gasteiger partial charge in [0.25, 0.3) is 5.91 Å². The molecule has 1 heterocycles. The van der Waals surface area contributed by atoms with Crippen molar-refractivity contribution in [3.8, 4) is 5.88 Å². The molecule has 2 N–H and O–H groups in total. The van der Waals surface area contributed by atoms with Crippen molar-refractivity contribution >= 4 is 5.91 Å². The fourth-order valence-corrected chi connectivity index (χ4v) is 1.89. The highest BCUT2D eigenvalue weighted by Gasteiger charge is 2.14. The Morgan fingerprint density at radius 2 is 2.14 bits per heavy atom. The van der Waals surface area contributed by atoms with Crippen LogP contribution in [0, 0.1) is 5.82 Å². The average molecular weight is 304 g/mol. The number of aliphatic hydroxyl groups excluding tert-OH is 1. The molecule has 0 aliphatic carbocycles. The van der Waals surface area contributed by atoms with Crippen LogP contribution in [0.25, 0.3) is 0 Å². The van der Waals surface area contributed by atoms with Gasteiger partial charge in [0.2, 0.25) is 5.88 Å². The molecule has 0 radical (unpaired) electrons. The first-order valence-electron chi connectivity index (χ1n) is 6.91. The molecule has 0 aliphatic heterocycles. The van der Waals surface area contributed by atoms with Gasteiger partial charge in [-0.1, -0.05) is 18.2 Å². The molecule has 6 heteroatoms. The summed E-state index contributed by atoms with van der Waals surface area (Å²) in [6.07, 6.45) is 0.274. The van der Waals surface area contributed by atoms with E-state index in [1.54, 1.807) is 18.2 Å². The third kappa shape index (κ3) is 4.02. The fraction of sp³-hybridized carbons (Fsp3) is 0.250. The van der Waals surface area contributed by atoms with E-state index in [2.05, 4.69) is 10.3 Å². The molecule has 22 heavy (non-hydrogen) atoms. The highest BCUT2D eigenvalue weighted by molar-refractivity contribution is 5.93. The number of carbonyl (C=O) groups excluding carboxylic acids is 1. The van der Waals surface area contributed by atoms with Gasteiger partial charge in [0, 0.05) is 24.4 Å². The van der Waals surface area contributed by atoms with E-state index in [4.69, 9.17) is 4.74 Å². The molecule has 0 bridgehead atoms. The number of rotatable bonds is 6. The van der Waals surface area contributed by atoms with E-state index in [9.17, 15) is 14.3 Å². The van der Waals surface area contributed by atoms with E-state index in [0.29, 0.717) is 18.1 Å². The Bertz CT molecular complexity index is 632. The minimum absolute atomic E-state index is 0.0903. The maximum Gasteiger partial charge on any atom is 0.252 e. The van der Waals surface area contributed by atoms with Gasteiger partial charge in [-0.2, -0.15) is 0 Å². The molecule has 2 aromatic rings. The average Bonchev–Trinajstić information content (AvgIpc) is 2.54. The monoisotopic (exact) mass is 304 g/mol. The lowest BCUT2D eigenvalue weighted by Gasteiger charge is -2.13. The number of nitrogens with one attached hydrogen (secondary N) is 1. The van der Waals surface area contributed by atoms with Crippen molar-refractivity contribution in [2.75, 3.05) is 13.2 Å². The Labute approximate surface area is 127 Å². The predicted molar refractivity (Wildman–Crippen MR) is 79.1 cm³/mol. The summed E-state index contributed by atoms with van der Waals surface area (Å²) in [4.78, 5) is 15.9. The smallest absolute Gasteiger partial charge is 0.252 e. The number of hydrogen-bond donors (Lipinski definition) is 2. The van der Waals surface area contributed by atoms with Crippen molar-refractivity contribution in [2.45, 2.75) is 13.0 Å². The zero-order valence-corrected chi connectivity index (χ0v) is 12.1. The second kappa shape index (κ2) is 7.51. The van der Waals surface area contributed by atoms with Crippen LogP contribution in [0.5, 0.6) is 5.88 Å². The second-order valence-electron chi connectivity index (χ2n) is 4.57. The molecule has 1 amide bonds. The standard InChI is InChI=1S/C16H17FN2O3/c1-2-22-15-8-7-11(9-18-15)16(21)19-10-14(20)12-5-3-4-6-13(12)17/h3-9,14,20H,2,10H2,1H3,(H,19,21). The molecule has 0 saturated carbocycles. The van der Waals surface area contributed by atoms with Crippen LogP contribution in [-0.2, 0) is 0 Å². The number of carbonyl (C=O) groups is 1. The summed E-state index contributed by atoms with van der Waals surface area (Å²) in [5, 5.41) is 12.5. The summed E-state index contributed by atoms with van der Waals surface area (Å²) < 4.78 is 18.7. The molecule has 116 valence electrons. The van der Waals surface area contributed by atoms with Gasteiger partial charge in [0.1, 0.15) is 5.82 Å². The van der Waals surface area contributed by atoms with Crippen LogP contribution in [0.15, 0.2) is 42.6 Å². The zero-order chi connectivity index (χ0) is 15.9. The minimum atomic E-state index is -1.11. The van der Waals surface area contributed by atoms with Crippen LogP contribution >= 0.6 is 0 Å².